The lowest BCUT2D eigenvalue weighted by atomic mass is 10.1. The second-order valence-corrected chi connectivity index (χ2v) is 4.09. The molecular formula is C15H11N5. The van der Waals surface area contributed by atoms with E-state index >= 15 is 0 Å². The zero-order valence-electron chi connectivity index (χ0n) is 10.8. The Morgan fingerprint density at radius 1 is 1.15 bits per heavy atom. The first-order valence-corrected chi connectivity index (χ1v) is 5.90. The predicted molar refractivity (Wildman–Crippen MR) is 76.7 cm³/mol. The Hall–Kier alpha value is -3.18. The Labute approximate surface area is 116 Å². The van der Waals surface area contributed by atoms with Crippen molar-refractivity contribution in [2.24, 2.45) is 5.10 Å². The van der Waals surface area contributed by atoms with E-state index in [0.29, 0.717) is 5.69 Å². The largest absolute Gasteiger partial charge is 0.277 e. The molecule has 0 radical (unpaired) electrons. The van der Waals surface area contributed by atoms with E-state index in [9.17, 15) is 0 Å². The highest BCUT2D eigenvalue weighted by Gasteiger charge is 2.00. The Bertz CT molecular complexity index is 701. The molecule has 2 aromatic rings. The average Bonchev–Trinajstić information content (AvgIpc) is 2.49. The van der Waals surface area contributed by atoms with Crippen LogP contribution in [0.1, 0.15) is 5.56 Å². The van der Waals surface area contributed by atoms with Crippen LogP contribution in [0.4, 0.5) is 5.69 Å². The van der Waals surface area contributed by atoms with E-state index in [4.69, 9.17) is 10.5 Å². The maximum absolute atomic E-state index is 8.57. The van der Waals surface area contributed by atoms with E-state index in [1.165, 1.54) is 0 Å². The number of anilines is 1. The van der Waals surface area contributed by atoms with Crippen molar-refractivity contribution < 1.29 is 0 Å². The third-order valence-corrected chi connectivity index (χ3v) is 2.60. The number of nitrogens with one attached hydrogen (secondary N) is 1. The van der Waals surface area contributed by atoms with E-state index in [-0.39, 0.29) is 5.71 Å². The van der Waals surface area contributed by atoms with Crippen LogP contribution in [0.25, 0.3) is 11.3 Å². The van der Waals surface area contributed by atoms with E-state index < -0.39 is 0 Å². The van der Waals surface area contributed by atoms with Crippen molar-refractivity contribution in [3.63, 3.8) is 0 Å². The molecule has 0 spiro atoms. The Balaban J connectivity index is 2.17. The molecule has 1 heterocycles. The normalized spacial score (nSPS) is 9.15. The molecule has 0 aliphatic carbocycles. The molecule has 0 saturated heterocycles. The summed E-state index contributed by atoms with van der Waals surface area (Å²) in [6.07, 6.45) is 1.77. The van der Waals surface area contributed by atoms with Gasteiger partial charge in [-0.3, -0.25) is 10.4 Å². The maximum Gasteiger partial charge on any atom is 0.237 e. The minimum atomic E-state index is -0.213. The van der Waals surface area contributed by atoms with Crippen molar-refractivity contribution in [2.75, 3.05) is 5.43 Å². The quantitative estimate of drug-likeness (QED) is 0.680. The molecule has 5 nitrogen and oxygen atoms in total. The molecule has 1 aromatic heterocycles. The first-order valence-electron chi connectivity index (χ1n) is 5.90. The molecular weight excluding hydrogens is 250 g/mol. The van der Waals surface area contributed by atoms with Crippen molar-refractivity contribution in [3.8, 4) is 23.4 Å². The summed E-state index contributed by atoms with van der Waals surface area (Å²) in [5.74, 6) is 0. The number of aromatic nitrogens is 1. The molecule has 0 unspecified atom stereocenters. The number of nitriles is 2. The summed E-state index contributed by atoms with van der Waals surface area (Å²) in [4.78, 5) is 4.31. The Morgan fingerprint density at radius 2 is 1.85 bits per heavy atom. The van der Waals surface area contributed by atoms with Gasteiger partial charge in [0.2, 0.25) is 5.71 Å². The van der Waals surface area contributed by atoms with Gasteiger partial charge in [-0.15, -0.1) is 0 Å². The average molecular weight is 261 g/mol. The summed E-state index contributed by atoms with van der Waals surface area (Å²) in [6.45, 7) is 2.02. The van der Waals surface area contributed by atoms with Gasteiger partial charge in [0.25, 0.3) is 0 Å². The monoisotopic (exact) mass is 261 g/mol. The summed E-state index contributed by atoms with van der Waals surface area (Å²) < 4.78 is 0. The molecule has 5 heteroatoms. The predicted octanol–water partition coefficient (Wildman–Crippen LogP) is 2.87. The van der Waals surface area contributed by atoms with Gasteiger partial charge < -0.3 is 0 Å². The van der Waals surface area contributed by atoms with Crippen LogP contribution in [0, 0.1) is 29.6 Å². The smallest absolute Gasteiger partial charge is 0.237 e. The number of rotatable bonds is 3. The van der Waals surface area contributed by atoms with Gasteiger partial charge in [0.1, 0.15) is 12.1 Å². The lowest BCUT2D eigenvalue weighted by Gasteiger charge is -2.04. The summed E-state index contributed by atoms with van der Waals surface area (Å²) in [5, 5.41) is 20.8. The number of hydrogen-bond donors (Lipinski definition) is 1. The molecule has 0 saturated carbocycles. The third kappa shape index (κ3) is 3.18. The van der Waals surface area contributed by atoms with E-state index in [0.717, 1.165) is 16.8 Å². The van der Waals surface area contributed by atoms with Crippen LogP contribution in [-0.4, -0.2) is 10.7 Å². The number of pyridine rings is 1. The topological polar surface area (TPSA) is 84.9 Å². The minimum Gasteiger partial charge on any atom is -0.277 e. The summed E-state index contributed by atoms with van der Waals surface area (Å²) >= 11 is 0. The van der Waals surface area contributed by atoms with Gasteiger partial charge in [-0.1, -0.05) is 12.1 Å². The van der Waals surface area contributed by atoms with E-state index in [1.54, 1.807) is 18.3 Å². The third-order valence-electron chi connectivity index (χ3n) is 2.60. The fraction of sp³-hybridized carbons (Fsp3) is 0.0667. The van der Waals surface area contributed by atoms with Crippen molar-refractivity contribution in [1.82, 2.24) is 4.98 Å². The lowest BCUT2D eigenvalue weighted by molar-refractivity contribution is 1.28. The fourth-order valence-electron chi connectivity index (χ4n) is 1.61. The summed E-state index contributed by atoms with van der Waals surface area (Å²) in [6, 6.07) is 14.7. The standard InChI is InChI=1S/C15H11N5/c1-11-6-7-18-15(8-11)12-2-4-13(5-3-12)19-20-14(9-16)10-17/h2-8,19H,1H3. The van der Waals surface area contributed by atoms with Crippen LogP contribution < -0.4 is 5.43 Å². The molecule has 1 aromatic carbocycles. The van der Waals surface area contributed by atoms with Gasteiger partial charge in [-0.25, -0.2) is 0 Å². The van der Waals surface area contributed by atoms with Crippen molar-refractivity contribution in [1.29, 1.82) is 10.5 Å². The Morgan fingerprint density at radius 3 is 2.45 bits per heavy atom. The van der Waals surface area contributed by atoms with Crippen molar-refractivity contribution >= 4 is 11.4 Å². The highest BCUT2D eigenvalue weighted by atomic mass is 15.3. The molecule has 0 amide bonds. The minimum absolute atomic E-state index is 0.213. The number of hydrogen-bond acceptors (Lipinski definition) is 5. The first kappa shape index (κ1) is 13.3. The highest BCUT2D eigenvalue weighted by molar-refractivity contribution is 6.10. The van der Waals surface area contributed by atoms with E-state index in [2.05, 4.69) is 15.5 Å². The zero-order chi connectivity index (χ0) is 14.4. The second kappa shape index (κ2) is 6.12. The number of aryl methyl sites for hydroxylation is 1. The Kier molecular flexibility index (Phi) is 4.06. The SMILES string of the molecule is Cc1ccnc(-c2ccc(NN=C(C#N)C#N)cc2)c1. The highest BCUT2D eigenvalue weighted by Crippen LogP contribution is 2.20. The molecule has 2 rings (SSSR count). The van der Waals surface area contributed by atoms with Crippen molar-refractivity contribution in [2.45, 2.75) is 6.92 Å². The summed E-state index contributed by atoms with van der Waals surface area (Å²) in [7, 11) is 0. The van der Waals surface area contributed by atoms with Crippen LogP contribution in [0.15, 0.2) is 47.7 Å². The molecule has 0 aliphatic rings. The van der Waals surface area contributed by atoms with Gasteiger partial charge in [-0.05, 0) is 36.8 Å². The molecule has 0 bridgehead atoms. The molecule has 96 valence electrons. The van der Waals surface area contributed by atoms with Gasteiger partial charge in [-0.2, -0.15) is 15.6 Å². The number of benzene rings is 1. The van der Waals surface area contributed by atoms with Crippen LogP contribution in [0.3, 0.4) is 0 Å². The van der Waals surface area contributed by atoms with Crippen LogP contribution in [0.2, 0.25) is 0 Å². The van der Waals surface area contributed by atoms with Gasteiger partial charge in [0.05, 0.1) is 11.4 Å². The molecule has 0 aliphatic heterocycles. The van der Waals surface area contributed by atoms with Crippen LogP contribution in [0.5, 0.6) is 0 Å². The number of hydrazone groups is 1. The molecule has 0 atom stereocenters. The van der Waals surface area contributed by atoms with Crippen LogP contribution in [-0.2, 0) is 0 Å². The second-order valence-electron chi connectivity index (χ2n) is 4.09. The van der Waals surface area contributed by atoms with Gasteiger partial charge in [0.15, 0.2) is 0 Å². The molecule has 0 fully saturated rings. The molecule has 1 N–H and O–H groups in total. The zero-order valence-corrected chi connectivity index (χ0v) is 10.8. The van der Waals surface area contributed by atoms with Gasteiger partial charge >= 0.3 is 0 Å². The fourth-order valence-corrected chi connectivity index (χ4v) is 1.61. The summed E-state index contributed by atoms with van der Waals surface area (Å²) in [5.41, 5.74) is 6.18. The number of nitrogens with zero attached hydrogens (tertiary/aromatic N) is 4. The first-order chi connectivity index (χ1) is 9.72. The molecule has 20 heavy (non-hydrogen) atoms. The lowest BCUT2D eigenvalue weighted by Crippen LogP contribution is -1.96. The van der Waals surface area contributed by atoms with Crippen LogP contribution >= 0.6 is 0 Å². The van der Waals surface area contributed by atoms with Gasteiger partial charge in [0, 0.05) is 11.8 Å². The van der Waals surface area contributed by atoms with Crippen molar-refractivity contribution in [3.05, 3.63) is 48.2 Å². The maximum atomic E-state index is 8.57. The van der Waals surface area contributed by atoms with E-state index in [1.807, 2.05) is 43.3 Å².